The Morgan fingerprint density at radius 2 is 1.82 bits per heavy atom. The lowest BCUT2D eigenvalue weighted by atomic mass is 10.2. The normalized spacial score (nSPS) is 9.95. The number of thiocarbonyl (C=S) groups is 1. The second-order valence-electron chi connectivity index (χ2n) is 4.74. The molecule has 0 radical (unpaired) electrons. The molecule has 0 aromatic heterocycles. The zero-order chi connectivity index (χ0) is 15.9. The number of ether oxygens (including phenoxy) is 2. The third-order valence-corrected chi connectivity index (χ3v) is 3.23. The van der Waals surface area contributed by atoms with Crippen molar-refractivity contribution in [1.82, 2.24) is 0 Å². The van der Waals surface area contributed by atoms with Crippen molar-refractivity contribution >= 4 is 28.7 Å². The van der Waals surface area contributed by atoms with Crippen LogP contribution in [0.4, 0.5) is 11.4 Å². The van der Waals surface area contributed by atoms with E-state index < -0.39 is 0 Å². The fourth-order valence-corrected chi connectivity index (χ4v) is 2.23. The van der Waals surface area contributed by atoms with Crippen molar-refractivity contribution in [2.24, 2.45) is 0 Å². The lowest BCUT2D eigenvalue weighted by Gasteiger charge is -2.14. The summed E-state index contributed by atoms with van der Waals surface area (Å²) in [6.07, 6.45) is 0. The summed E-state index contributed by atoms with van der Waals surface area (Å²) in [6, 6.07) is 13.6. The summed E-state index contributed by atoms with van der Waals surface area (Å²) in [4.78, 5) is 0. The van der Waals surface area contributed by atoms with Gasteiger partial charge in [0.1, 0.15) is 11.5 Å². The lowest BCUT2D eigenvalue weighted by Crippen LogP contribution is -2.19. The summed E-state index contributed by atoms with van der Waals surface area (Å²) in [5.41, 5.74) is 2.87. The van der Waals surface area contributed by atoms with Crippen LogP contribution in [-0.4, -0.2) is 18.8 Å². The van der Waals surface area contributed by atoms with Gasteiger partial charge < -0.3 is 20.1 Å². The molecule has 116 valence electrons. The smallest absolute Gasteiger partial charge is 0.175 e. The highest BCUT2D eigenvalue weighted by atomic mass is 32.1. The maximum atomic E-state index is 5.41. The van der Waals surface area contributed by atoms with Crippen LogP contribution in [0.15, 0.2) is 42.5 Å². The molecule has 0 aliphatic rings. The molecule has 0 unspecified atom stereocenters. The molecule has 0 aliphatic carbocycles. The van der Waals surface area contributed by atoms with Gasteiger partial charge in [-0.05, 0) is 68.0 Å². The predicted molar refractivity (Wildman–Crippen MR) is 95.2 cm³/mol. The highest BCUT2D eigenvalue weighted by Gasteiger charge is 2.05. The zero-order valence-corrected chi connectivity index (χ0v) is 13.8. The Balaban J connectivity index is 2.02. The third-order valence-electron chi connectivity index (χ3n) is 3.03. The van der Waals surface area contributed by atoms with Crippen LogP contribution in [-0.2, 0) is 0 Å². The van der Waals surface area contributed by atoms with Gasteiger partial charge in [0.25, 0.3) is 0 Å². The number of rotatable bonds is 5. The molecular formula is C17H20N2O2S. The average Bonchev–Trinajstić information content (AvgIpc) is 2.50. The molecule has 0 heterocycles. The highest BCUT2D eigenvalue weighted by molar-refractivity contribution is 7.80. The van der Waals surface area contributed by atoms with Gasteiger partial charge in [-0.1, -0.05) is 6.07 Å². The minimum absolute atomic E-state index is 0.507. The van der Waals surface area contributed by atoms with E-state index in [0.29, 0.717) is 11.7 Å². The van der Waals surface area contributed by atoms with Gasteiger partial charge in [0, 0.05) is 5.69 Å². The maximum Gasteiger partial charge on any atom is 0.175 e. The molecular weight excluding hydrogens is 296 g/mol. The quantitative estimate of drug-likeness (QED) is 0.809. The highest BCUT2D eigenvalue weighted by Crippen LogP contribution is 2.25. The fraction of sp³-hybridized carbons (Fsp3) is 0.235. The van der Waals surface area contributed by atoms with Crippen LogP contribution < -0.4 is 20.1 Å². The van der Waals surface area contributed by atoms with Gasteiger partial charge in [-0.2, -0.15) is 0 Å². The van der Waals surface area contributed by atoms with Crippen LogP contribution in [0.2, 0.25) is 0 Å². The molecule has 5 heteroatoms. The van der Waals surface area contributed by atoms with Crippen molar-refractivity contribution in [3.63, 3.8) is 0 Å². The molecule has 22 heavy (non-hydrogen) atoms. The van der Waals surface area contributed by atoms with Gasteiger partial charge in [0.15, 0.2) is 5.11 Å². The largest absolute Gasteiger partial charge is 0.495 e. The summed E-state index contributed by atoms with van der Waals surface area (Å²) < 4.78 is 10.7. The molecule has 4 nitrogen and oxygen atoms in total. The van der Waals surface area contributed by atoms with E-state index in [-0.39, 0.29) is 0 Å². The topological polar surface area (TPSA) is 42.5 Å². The molecule has 0 spiro atoms. The number of hydrogen-bond donors (Lipinski definition) is 2. The third kappa shape index (κ3) is 4.36. The second-order valence-corrected chi connectivity index (χ2v) is 5.15. The van der Waals surface area contributed by atoms with E-state index >= 15 is 0 Å². The van der Waals surface area contributed by atoms with E-state index in [2.05, 4.69) is 10.6 Å². The van der Waals surface area contributed by atoms with Crippen molar-refractivity contribution in [3.05, 3.63) is 48.0 Å². The average molecular weight is 316 g/mol. The van der Waals surface area contributed by atoms with E-state index in [1.807, 2.05) is 56.3 Å². The monoisotopic (exact) mass is 316 g/mol. The minimum atomic E-state index is 0.507. The summed E-state index contributed by atoms with van der Waals surface area (Å²) >= 11 is 5.34. The second kappa shape index (κ2) is 7.66. The van der Waals surface area contributed by atoms with Crippen LogP contribution in [0.25, 0.3) is 0 Å². The van der Waals surface area contributed by atoms with E-state index in [0.717, 1.165) is 28.4 Å². The van der Waals surface area contributed by atoms with Gasteiger partial charge in [0.05, 0.1) is 19.4 Å². The zero-order valence-electron chi connectivity index (χ0n) is 13.0. The van der Waals surface area contributed by atoms with Crippen LogP contribution in [0.5, 0.6) is 11.5 Å². The summed E-state index contributed by atoms with van der Waals surface area (Å²) in [7, 11) is 1.64. The molecule has 0 bridgehead atoms. The number of nitrogens with one attached hydrogen (secondary N) is 2. The first-order valence-electron chi connectivity index (χ1n) is 7.08. The molecule has 2 aromatic rings. The molecule has 0 saturated heterocycles. The molecule has 0 saturated carbocycles. The Labute approximate surface area is 136 Å². The molecule has 0 atom stereocenters. The Kier molecular flexibility index (Phi) is 5.61. The van der Waals surface area contributed by atoms with E-state index in [4.69, 9.17) is 21.7 Å². The van der Waals surface area contributed by atoms with Crippen LogP contribution in [0.3, 0.4) is 0 Å². The van der Waals surface area contributed by atoms with Gasteiger partial charge in [-0.15, -0.1) is 0 Å². The van der Waals surface area contributed by atoms with Crippen molar-refractivity contribution in [1.29, 1.82) is 0 Å². The van der Waals surface area contributed by atoms with Crippen LogP contribution in [0, 0.1) is 6.92 Å². The van der Waals surface area contributed by atoms with Gasteiger partial charge in [-0.25, -0.2) is 0 Å². The number of benzene rings is 2. The lowest BCUT2D eigenvalue weighted by molar-refractivity contribution is 0.340. The van der Waals surface area contributed by atoms with E-state index in [1.54, 1.807) is 7.11 Å². The SMILES string of the molecule is CCOc1ccc(NC(=S)Nc2cc(C)ccc2OC)cc1. The van der Waals surface area contributed by atoms with E-state index in [9.17, 15) is 0 Å². The Morgan fingerprint density at radius 1 is 1.09 bits per heavy atom. The number of methoxy groups -OCH3 is 1. The standard InChI is InChI=1S/C17H20N2O2S/c1-4-21-14-8-6-13(7-9-14)18-17(22)19-15-11-12(2)5-10-16(15)20-3/h5-11H,4H2,1-3H3,(H2,18,19,22). The maximum absolute atomic E-state index is 5.41. The first-order chi connectivity index (χ1) is 10.6. The van der Waals surface area contributed by atoms with Crippen molar-refractivity contribution in [2.45, 2.75) is 13.8 Å². The first-order valence-corrected chi connectivity index (χ1v) is 7.48. The Morgan fingerprint density at radius 3 is 2.45 bits per heavy atom. The molecule has 2 aromatic carbocycles. The number of hydrogen-bond acceptors (Lipinski definition) is 3. The van der Waals surface area contributed by atoms with Crippen LogP contribution >= 0.6 is 12.2 Å². The summed E-state index contributed by atoms with van der Waals surface area (Å²) in [5, 5.41) is 6.80. The van der Waals surface area contributed by atoms with Crippen molar-refractivity contribution in [3.8, 4) is 11.5 Å². The van der Waals surface area contributed by atoms with Gasteiger partial charge in [-0.3, -0.25) is 0 Å². The van der Waals surface area contributed by atoms with Crippen molar-refractivity contribution < 1.29 is 9.47 Å². The van der Waals surface area contributed by atoms with Gasteiger partial charge in [0.2, 0.25) is 0 Å². The number of anilines is 2. The van der Waals surface area contributed by atoms with Crippen LogP contribution in [0.1, 0.15) is 12.5 Å². The fourth-order valence-electron chi connectivity index (χ4n) is 2.01. The molecule has 2 N–H and O–H groups in total. The molecule has 0 aliphatic heterocycles. The predicted octanol–water partition coefficient (Wildman–Crippen LogP) is 4.21. The molecule has 0 amide bonds. The Bertz CT molecular complexity index is 642. The van der Waals surface area contributed by atoms with Gasteiger partial charge >= 0.3 is 0 Å². The first kappa shape index (κ1) is 16.1. The number of aryl methyl sites for hydroxylation is 1. The summed E-state index contributed by atoms with van der Waals surface area (Å²) in [5.74, 6) is 1.59. The van der Waals surface area contributed by atoms with Crippen molar-refractivity contribution in [2.75, 3.05) is 24.4 Å². The molecule has 2 rings (SSSR count). The summed E-state index contributed by atoms with van der Waals surface area (Å²) in [6.45, 7) is 4.63. The molecule has 0 fully saturated rings. The Hall–Kier alpha value is -2.27. The van der Waals surface area contributed by atoms with E-state index in [1.165, 1.54) is 0 Å². The minimum Gasteiger partial charge on any atom is -0.495 e.